The second-order valence-electron chi connectivity index (χ2n) is 7.11. The minimum atomic E-state index is 0.138. The fourth-order valence-corrected chi connectivity index (χ4v) is 4.01. The van der Waals surface area contributed by atoms with Gasteiger partial charge in [0.05, 0.1) is 16.9 Å². The Morgan fingerprint density at radius 1 is 1.19 bits per heavy atom. The van der Waals surface area contributed by atoms with Crippen molar-refractivity contribution in [3.63, 3.8) is 0 Å². The van der Waals surface area contributed by atoms with Crippen LogP contribution in [0.15, 0.2) is 36.5 Å². The molecule has 6 nitrogen and oxygen atoms in total. The Balaban J connectivity index is 1.35. The quantitative estimate of drug-likeness (QED) is 0.692. The zero-order valence-electron chi connectivity index (χ0n) is 15.6. The highest BCUT2D eigenvalue weighted by Gasteiger charge is 2.29. The van der Waals surface area contributed by atoms with Crippen LogP contribution in [0, 0.1) is 5.92 Å². The second kappa shape index (κ2) is 7.60. The fraction of sp³-hybridized carbons (Fsp3) is 0.500. The first-order chi connectivity index (χ1) is 12.7. The molecule has 138 valence electrons. The lowest BCUT2D eigenvalue weighted by atomic mass is 9.92. The molecule has 0 spiro atoms. The highest BCUT2D eigenvalue weighted by atomic mass is 16.5. The number of nitrogens with one attached hydrogen (secondary N) is 1. The topological polar surface area (TPSA) is 56.9 Å². The molecule has 0 bridgehead atoms. The van der Waals surface area contributed by atoms with E-state index >= 15 is 0 Å². The molecule has 1 aromatic carbocycles. The summed E-state index contributed by atoms with van der Waals surface area (Å²) in [5.74, 6) is 0.486. The van der Waals surface area contributed by atoms with Crippen molar-refractivity contribution in [1.29, 1.82) is 0 Å². The predicted molar refractivity (Wildman–Crippen MR) is 102 cm³/mol. The summed E-state index contributed by atoms with van der Waals surface area (Å²) in [5.41, 5.74) is 3.53. The Morgan fingerprint density at radius 2 is 2.08 bits per heavy atom. The molecule has 2 atom stereocenters. The van der Waals surface area contributed by atoms with Crippen LogP contribution in [0.4, 0.5) is 0 Å². The van der Waals surface area contributed by atoms with E-state index in [-0.39, 0.29) is 6.10 Å². The molecule has 1 aliphatic heterocycles. The van der Waals surface area contributed by atoms with Crippen LogP contribution >= 0.6 is 0 Å². The summed E-state index contributed by atoms with van der Waals surface area (Å²) >= 11 is 0. The molecular weight excluding hydrogens is 326 g/mol. The van der Waals surface area contributed by atoms with E-state index < -0.39 is 0 Å². The van der Waals surface area contributed by atoms with Gasteiger partial charge in [-0.3, -0.25) is 9.36 Å². The molecule has 0 amide bonds. The second-order valence-corrected chi connectivity index (χ2v) is 7.11. The van der Waals surface area contributed by atoms with Crippen LogP contribution in [0.5, 0.6) is 0 Å². The minimum absolute atomic E-state index is 0.138. The van der Waals surface area contributed by atoms with Crippen molar-refractivity contribution < 1.29 is 4.74 Å². The summed E-state index contributed by atoms with van der Waals surface area (Å²) < 4.78 is 9.98. The van der Waals surface area contributed by atoms with E-state index in [1.165, 1.54) is 28.7 Å². The average Bonchev–Trinajstić information content (AvgIpc) is 3.23. The van der Waals surface area contributed by atoms with Crippen molar-refractivity contribution in [1.82, 2.24) is 24.9 Å². The molecule has 4 rings (SSSR count). The van der Waals surface area contributed by atoms with Gasteiger partial charge in [0.15, 0.2) is 0 Å². The number of fused-ring (bicyclic) bond motifs is 1. The van der Waals surface area contributed by atoms with Gasteiger partial charge in [0.25, 0.3) is 0 Å². The number of hydrogen-bond acceptors (Lipinski definition) is 4. The van der Waals surface area contributed by atoms with Crippen molar-refractivity contribution in [2.45, 2.75) is 25.4 Å². The molecule has 1 N–H and O–H groups in total. The van der Waals surface area contributed by atoms with Gasteiger partial charge in [-0.15, -0.1) is 0 Å². The highest BCUT2D eigenvalue weighted by molar-refractivity contribution is 5.81. The summed E-state index contributed by atoms with van der Waals surface area (Å²) in [6.07, 6.45) is 5.25. The van der Waals surface area contributed by atoms with Gasteiger partial charge in [0, 0.05) is 57.7 Å². The first-order valence-electron chi connectivity index (χ1n) is 9.45. The summed E-state index contributed by atoms with van der Waals surface area (Å²) in [6, 6.07) is 10.5. The van der Waals surface area contributed by atoms with E-state index in [1.807, 2.05) is 29.7 Å². The van der Waals surface area contributed by atoms with Crippen LogP contribution in [0.3, 0.4) is 0 Å². The molecule has 3 heterocycles. The zero-order chi connectivity index (χ0) is 17.9. The molecule has 0 radical (unpaired) electrons. The number of hydrogen-bond donors (Lipinski definition) is 1. The molecule has 0 unspecified atom stereocenters. The van der Waals surface area contributed by atoms with Crippen LogP contribution in [-0.2, 0) is 25.3 Å². The maximum Gasteiger partial charge on any atom is 0.103 e. The monoisotopic (exact) mass is 353 g/mol. The van der Waals surface area contributed by atoms with Gasteiger partial charge in [-0.25, -0.2) is 0 Å². The molecular formula is C20H27N5O. The molecule has 0 aliphatic carbocycles. The molecule has 1 saturated heterocycles. The van der Waals surface area contributed by atoms with Crippen molar-refractivity contribution in [2.75, 3.05) is 19.7 Å². The third-order valence-electron chi connectivity index (χ3n) is 5.37. The molecule has 1 fully saturated rings. The SMILES string of the molecule is Cn1nccc1[C@@H]1OCCC[C@H]1CNCCc1nn(C)c2ccccc12. The molecule has 3 aromatic rings. The number of aromatic nitrogens is 4. The Kier molecular flexibility index (Phi) is 5.04. The van der Waals surface area contributed by atoms with E-state index in [1.54, 1.807) is 0 Å². The molecule has 2 aromatic heterocycles. The fourth-order valence-electron chi connectivity index (χ4n) is 4.01. The minimum Gasteiger partial charge on any atom is -0.372 e. The zero-order valence-corrected chi connectivity index (χ0v) is 15.6. The average molecular weight is 353 g/mol. The molecule has 26 heavy (non-hydrogen) atoms. The smallest absolute Gasteiger partial charge is 0.103 e. The van der Waals surface area contributed by atoms with Crippen molar-refractivity contribution >= 4 is 10.9 Å². The van der Waals surface area contributed by atoms with E-state index in [9.17, 15) is 0 Å². The number of rotatable bonds is 6. The van der Waals surface area contributed by atoms with Gasteiger partial charge in [-0.2, -0.15) is 10.2 Å². The van der Waals surface area contributed by atoms with E-state index in [0.29, 0.717) is 5.92 Å². The Labute approximate surface area is 154 Å². The van der Waals surface area contributed by atoms with Crippen LogP contribution in [-0.4, -0.2) is 39.3 Å². The van der Waals surface area contributed by atoms with Gasteiger partial charge in [0.2, 0.25) is 0 Å². The predicted octanol–water partition coefficient (Wildman–Crippen LogP) is 2.61. The van der Waals surface area contributed by atoms with Crippen LogP contribution in [0.1, 0.15) is 30.3 Å². The van der Waals surface area contributed by atoms with Crippen LogP contribution in [0.25, 0.3) is 10.9 Å². The highest BCUT2D eigenvalue weighted by Crippen LogP contribution is 2.32. The standard InChI is InChI=1S/C20H27N5O/c1-24-19(10-12-22-24)20-15(6-5-13-26-20)14-21-11-9-17-16-7-3-4-8-18(16)25(2)23-17/h3-4,7-8,10,12,15,20-21H,5-6,9,11,13-14H2,1-2H3/t15-,20+/m0/s1. The molecule has 0 saturated carbocycles. The van der Waals surface area contributed by atoms with Gasteiger partial charge < -0.3 is 10.1 Å². The summed E-state index contributed by atoms with van der Waals surface area (Å²) in [7, 11) is 4.00. The van der Waals surface area contributed by atoms with Crippen LogP contribution in [0.2, 0.25) is 0 Å². The number of para-hydroxylation sites is 1. The molecule has 6 heteroatoms. The molecule has 1 aliphatic rings. The van der Waals surface area contributed by atoms with Crippen molar-refractivity contribution in [3.8, 4) is 0 Å². The van der Waals surface area contributed by atoms with E-state index in [4.69, 9.17) is 4.74 Å². The van der Waals surface area contributed by atoms with E-state index in [2.05, 4.69) is 45.8 Å². The summed E-state index contributed by atoms with van der Waals surface area (Å²) in [5, 5.41) is 13.9. The first-order valence-corrected chi connectivity index (χ1v) is 9.45. The maximum absolute atomic E-state index is 6.08. The number of nitrogens with zero attached hydrogens (tertiary/aromatic N) is 4. The Hall–Kier alpha value is -2.18. The summed E-state index contributed by atoms with van der Waals surface area (Å²) in [4.78, 5) is 0. The van der Waals surface area contributed by atoms with Gasteiger partial charge in [0.1, 0.15) is 6.10 Å². The number of ether oxygens (including phenoxy) is 1. The lowest BCUT2D eigenvalue weighted by molar-refractivity contribution is -0.0321. The van der Waals surface area contributed by atoms with E-state index in [0.717, 1.165) is 32.5 Å². The number of aryl methyl sites for hydroxylation is 2. The van der Waals surface area contributed by atoms with Crippen molar-refractivity contribution in [2.24, 2.45) is 20.0 Å². The third-order valence-corrected chi connectivity index (χ3v) is 5.37. The lowest BCUT2D eigenvalue weighted by Crippen LogP contribution is -2.33. The van der Waals surface area contributed by atoms with Gasteiger partial charge in [-0.05, 0) is 25.0 Å². The normalized spacial score (nSPS) is 20.7. The largest absolute Gasteiger partial charge is 0.372 e. The van der Waals surface area contributed by atoms with Crippen LogP contribution < -0.4 is 5.32 Å². The van der Waals surface area contributed by atoms with Gasteiger partial charge >= 0.3 is 0 Å². The Morgan fingerprint density at radius 3 is 2.92 bits per heavy atom. The maximum atomic E-state index is 6.08. The first kappa shape index (κ1) is 17.2. The number of benzene rings is 1. The lowest BCUT2D eigenvalue weighted by Gasteiger charge is -2.32. The third kappa shape index (κ3) is 3.39. The van der Waals surface area contributed by atoms with Gasteiger partial charge in [-0.1, -0.05) is 18.2 Å². The van der Waals surface area contributed by atoms with Crippen molar-refractivity contribution in [3.05, 3.63) is 47.9 Å². The Bertz CT molecular complexity index is 868. The summed E-state index contributed by atoms with van der Waals surface area (Å²) in [6.45, 7) is 2.72.